The summed E-state index contributed by atoms with van der Waals surface area (Å²) in [4.78, 5) is 15.8. The van der Waals surface area contributed by atoms with Crippen LogP contribution < -0.4 is 4.74 Å². The highest BCUT2D eigenvalue weighted by atomic mass is 79.9. The van der Waals surface area contributed by atoms with Gasteiger partial charge >= 0.3 is 12.5 Å². The van der Waals surface area contributed by atoms with Crippen molar-refractivity contribution in [1.82, 2.24) is 9.80 Å². The lowest BCUT2D eigenvalue weighted by Crippen LogP contribution is -2.49. The molecule has 1 aromatic carbocycles. The lowest BCUT2D eigenvalue weighted by molar-refractivity contribution is -0.274. The van der Waals surface area contributed by atoms with Gasteiger partial charge in [0.15, 0.2) is 0 Å². The highest BCUT2D eigenvalue weighted by Crippen LogP contribution is 2.28. The summed E-state index contributed by atoms with van der Waals surface area (Å²) in [5.41, 5.74) is 0.156. The van der Waals surface area contributed by atoms with Gasteiger partial charge in [-0.25, -0.2) is 4.79 Å². The molecule has 0 aliphatic carbocycles. The van der Waals surface area contributed by atoms with Crippen LogP contribution in [-0.2, 0) is 11.3 Å². The largest absolute Gasteiger partial charge is 0.573 e. The van der Waals surface area contributed by atoms with Crippen LogP contribution in [0.5, 0.6) is 5.75 Å². The van der Waals surface area contributed by atoms with Gasteiger partial charge in [-0.15, -0.1) is 13.2 Å². The zero-order chi connectivity index (χ0) is 19.5. The summed E-state index contributed by atoms with van der Waals surface area (Å²) in [6.45, 7) is 8.15. The second-order valence-corrected chi connectivity index (χ2v) is 8.00. The molecule has 0 spiro atoms. The minimum atomic E-state index is -4.73. The first kappa shape index (κ1) is 20.8. The van der Waals surface area contributed by atoms with Crippen molar-refractivity contribution in [3.63, 3.8) is 0 Å². The van der Waals surface area contributed by atoms with E-state index in [0.29, 0.717) is 42.8 Å². The summed E-state index contributed by atoms with van der Waals surface area (Å²) in [7, 11) is 0. The number of carbonyl (C=O) groups excluding carboxylic acids is 1. The number of hydrogen-bond acceptors (Lipinski definition) is 4. The Balaban J connectivity index is 1.92. The molecule has 146 valence electrons. The van der Waals surface area contributed by atoms with Crippen LogP contribution in [0.4, 0.5) is 18.0 Å². The number of amides is 1. The Morgan fingerprint density at radius 2 is 1.73 bits per heavy atom. The Morgan fingerprint density at radius 1 is 1.12 bits per heavy atom. The maximum Gasteiger partial charge on any atom is 0.573 e. The molecule has 1 aliphatic rings. The zero-order valence-corrected chi connectivity index (χ0v) is 16.5. The Kier molecular flexibility index (Phi) is 6.44. The van der Waals surface area contributed by atoms with Gasteiger partial charge in [0, 0.05) is 37.2 Å². The van der Waals surface area contributed by atoms with E-state index < -0.39 is 12.0 Å². The molecule has 1 heterocycles. The molecular formula is C17H22BrF3N2O3. The Bertz CT molecular complexity index is 639. The Labute approximate surface area is 159 Å². The van der Waals surface area contributed by atoms with Gasteiger partial charge in [0.2, 0.25) is 0 Å². The number of rotatable bonds is 3. The van der Waals surface area contributed by atoms with Crippen LogP contribution in [-0.4, -0.2) is 54.0 Å². The molecule has 1 amide bonds. The average Bonchev–Trinajstić information content (AvgIpc) is 2.43. The molecule has 0 saturated carbocycles. The third-order valence-corrected chi connectivity index (χ3v) is 4.05. The molecule has 1 aromatic rings. The first-order chi connectivity index (χ1) is 11.9. The summed E-state index contributed by atoms with van der Waals surface area (Å²) < 4.78 is 47.1. The van der Waals surface area contributed by atoms with E-state index in [1.807, 2.05) is 20.8 Å². The van der Waals surface area contributed by atoms with Crippen LogP contribution in [0.15, 0.2) is 22.7 Å². The monoisotopic (exact) mass is 438 g/mol. The quantitative estimate of drug-likeness (QED) is 0.701. The van der Waals surface area contributed by atoms with Crippen molar-refractivity contribution < 1.29 is 27.4 Å². The molecule has 9 heteroatoms. The van der Waals surface area contributed by atoms with E-state index in [9.17, 15) is 18.0 Å². The Hall–Kier alpha value is -1.48. The topological polar surface area (TPSA) is 42.0 Å². The van der Waals surface area contributed by atoms with Crippen LogP contribution in [0, 0.1) is 0 Å². The third kappa shape index (κ3) is 7.03. The standard InChI is InChI=1S/C17H22BrF3N2O3/c1-16(2,3)26-15(24)23-6-4-22(5-7-23)11-12-8-13(18)10-14(9-12)25-17(19,20)21/h8-10H,4-7,11H2,1-3H3. The molecule has 1 aliphatic heterocycles. The van der Waals surface area contributed by atoms with Crippen molar-refractivity contribution in [2.24, 2.45) is 0 Å². The molecule has 0 radical (unpaired) electrons. The van der Waals surface area contributed by atoms with E-state index in [2.05, 4.69) is 25.6 Å². The molecule has 0 bridgehead atoms. The smallest absolute Gasteiger partial charge is 0.444 e. The van der Waals surface area contributed by atoms with Gasteiger partial charge in [-0.3, -0.25) is 4.90 Å². The number of piperazine rings is 1. The van der Waals surface area contributed by atoms with Gasteiger partial charge in [-0.2, -0.15) is 0 Å². The maximum atomic E-state index is 12.4. The van der Waals surface area contributed by atoms with Crippen molar-refractivity contribution in [1.29, 1.82) is 0 Å². The van der Waals surface area contributed by atoms with E-state index >= 15 is 0 Å². The van der Waals surface area contributed by atoms with E-state index in [4.69, 9.17) is 4.74 Å². The average molecular weight is 439 g/mol. The van der Waals surface area contributed by atoms with Crippen molar-refractivity contribution >= 4 is 22.0 Å². The SMILES string of the molecule is CC(C)(C)OC(=O)N1CCN(Cc2cc(Br)cc(OC(F)(F)F)c2)CC1. The first-order valence-electron chi connectivity index (χ1n) is 8.17. The minimum absolute atomic E-state index is 0.255. The van der Waals surface area contributed by atoms with Gasteiger partial charge in [0.1, 0.15) is 11.4 Å². The molecule has 0 aromatic heterocycles. The predicted octanol–water partition coefficient (Wildman–Crippen LogP) is 4.40. The van der Waals surface area contributed by atoms with Crippen LogP contribution in [0.3, 0.4) is 0 Å². The molecule has 5 nitrogen and oxygen atoms in total. The van der Waals surface area contributed by atoms with E-state index in [1.54, 1.807) is 11.0 Å². The van der Waals surface area contributed by atoms with Crippen molar-refractivity contribution in [3.8, 4) is 5.75 Å². The fraction of sp³-hybridized carbons (Fsp3) is 0.588. The number of hydrogen-bond donors (Lipinski definition) is 0. The van der Waals surface area contributed by atoms with Gasteiger partial charge < -0.3 is 14.4 Å². The fourth-order valence-electron chi connectivity index (χ4n) is 2.58. The van der Waals surface area contributed by atoms with E-state index in [0.717, 1.165) is 0 Å². The molecule has 26 heavy (non-hydrogen) atoms. The van der Waals surface area contributed by atoms with Gasteiger partial charge in [0.05, 0.1) is 0 Å². The number of alkyl halides is 3. The molecule has 0 unspecified atom stereocenters. The normalized spacial score (nSPS) is 16.5. The fourth-order valence-corrected chi connectivity index (χ4v) is 3.10. The zero-order valence-electron chi connectivity index (χ0n) is 14.9. The highest BCUT2D eigenvalue weighted by molar-refractivity contribution is 9.10. The predicted molar refractivity (Wildman–Crippen MR) is 93.9 cm³/mol. The van der Waals surface area contributed by atoms with Crippen LogP contribution in [0.2, 0.25) is 0 Å². The number of benzene rings is 1. The highest BCUT2D eigenvalue weighted by Gasteiger charge is 2.31. The van der Waals surface area contributed by atoms with Crippen LogP contribution >= 0.6 is 15.9 Å². The second kappa shape index (κ2) is 8.04. The molecular weight excluding hydrogens is 417 g/mol. The Morgan fingerprint density at radius 3 is 2.27 bits per heavy atom. The van der Waals surface area contributed by atoms with Crippen molar-refractivity contribution in [2.75, 3.05) is 26.2 Å². The van der Waals surface area contributed by atoms with E-state index in [-0.39, 0.29) is 11.8 Å². The molecule has 0 atom stereocenters. The van der Waals surface area contributed by atoms with E-state index in [1.165, 1.54) is 12.1 Å². The van der Waals surface area contributed by atoms with Gasteiger partial charge in [-0.1, -0.05) is 15.9 Å². The summed E-state index contributed by atoms with van der Waals surface area (Å²) in [5.74, 6) is -0.255. The van der Waals surface area contributed by atoms with Gasteiger partial charge in [0.25, 0.3) is 0 Å². The van der Waals surface area contributed by atoms with Gasteiger partial charge in [-0.05, 0) is 44.5 Å². The van der Waals surface area contributed by atoms with Crippen molar-refractivity contribution in [2.45, 2.75) is 39.3 Å². The lowest BCUT2D eigenvalue weighted by Gasteiger charge is -2.35. The van der Waals surface area contributed by atoms with Crippen LogP contribution in [0.1, 0.15) is 26.3 Å². The summed E-state index contributed by atoms with van der Waals surface area (Å²) in [6.07, 6.45) is -5.07. The molecule has 0 N–H and O–H groups in total. The summed E-state index contributed by atoms with van der Waals surface area (Å²) >= 11 is 3.21. The van der Waals surface area contributed by atoms with Crippen LogP contribution in [0.25, 0.3) is 0 Å². The lowest BCUT2D eigenvalue weighted by atomic mass is 10.2. The number of carbonyl (C=O) groups is 1. The maximum absolute atomic E-state index is 12.4. The summed E-state index contributed by atoms with van der Waals surface area (Å²) in [5, 5.41) is 0. The number of nitrogens with zero attached hydrogens (tertiary/aromatic N) is 2. The van der Waals surface area contributed by atoms with Crippen molar-refractivity contribution in [3.05, 3.63) is 28.2 Å². The molecule has 2 rings (SSSR count). The number of halogens is 4. The second-order valence-electron chi connectivity index (χ2n) is 7.09. The molecule has 1 saturated heterocycles. The molecule has 1 fully saturated rings. The first-order valence-corrected chi connectivity index (χ1v) is 8.96. The third-order valence-electron chi connectivity index (χ3n) is 3.59. The number of ether oxygens (including phenoxy) is 2. The summed E-state index contributed by atoms with van der Waals surface area (Å²) in [6, 6.07) is 4.40. The minimum Gasteiger partial charge on any atom is -0.444 e.